The van der Waals surface area contributed by atoms with E-state index in [2.05, 4.69) is 32.7 Å². The normalized spacial score (nSPS) is 49.7. The van der Waals surface area contributed by atoms with Crippen LogP contribution in [0.3, 0.4) is 0 Å². The van der Waals surface area contributed by atoms with E-state index in [-0.39, 0.29) is 6.92 Å². The predicted octanol–water partition coefficient (Wildman–Crippen LogP) is 3.04. The van der Waals surface area contributed by atoms with Gasteiger partial charge < -0.3 is 0 Å². The van der Waals surface area contributed by atoms with Crippen molar-refractivity contribution in [2.45, 2.75) is 29.5 Å². The van der Waals surface area contributed by atoms with Crippen LogP contribution >= 0.6 is 23.2 Å². The predicted molar refractivity (Wildman–Crippen MR) is 36.0 cm³/mol. The third kappa shape index (κ3) is 1.66. The Hall–Kier alpha value is 0.150. The van der Waals surface area contributed by atoms with E-state index in [1.807, 2.05) is 0 Å². The minimum absolute atomic E-state index is 0.257. The van der Waals surface area contributed by atoms with E-state index in [1.54, 1.807) is 0 Å². The molecule has 1 rings (SSSR count). The van der Waals surface area contributed by atoms with Crippen molar-refractivity contribution in [3.05, 3.63) is 0 Å². The molecule has 84 valence electrons. The van der Waals surface area contributed by atoms with Gasteiger partial charge in [0.25, 0.3) is 5.79 Å². The van der Waals surface area contributed by atoms with Gasteiger partial charge in [-0.1, -0.05) is 0 Å². The number of hydrogen-bond acceptors (Lipinski definition) is 2. The van der Waals surface area contributed by atoms with Gasteiger partial charge in [0, 0.05) is 0 Å². The van der Waals surface area contributed by atoms with Gasteiger partial charge in [0.15, 0.2) is 0 Å². The van der Waals surface area contributed by atoms with Gasteiger partial charge in [-0.2, -0.15) is 22.0 Å². The first-order valence-corrected chi connectivity index (χ1v) is 3.90. The average Bonchev–Trinajstić information content (AvgIpc) is 1.95. The quantitative estimate of drug-likeness (QED) is 0.493. The molecule has 0 spiro atoms. The Balaban J connectivity index is 3.03. The number of alkyl halides is 7. The van der Waals surface area contributed by atoms with E-state index < -0.39 is 22.6 Å². The SMILES string of the molecule is CC1(C(F)(F)F)OC(F)(Cl)C(F)(Cl)O1. The van der Waals surface area contributed by atoms with Crippen LogP contribution in [0.25, 0.3) is 0 Å². The Morgan fingerprint density at radius 2 is 1.29 bits per heavy atom. The molecular formula is C5H3Cl2F5O2. The van der Waals surface area contributed by atoms with E-state index in [4.69, 9.17) is 0 Å². The zero-order valence-electron chi connectivity index (χ0n) is 6.46. The Bertz CT molecular complexity index is 235. The first kappa shape index (κ1) is 12.2. The lowest BCUT2D eigenvalue weighted by atomic mass is 10.3. The maximum atomic E-state index is 12.8. The second kappa shape index (κ2) is 2.84. The Labute approximate surface area is 84.9 Å². The molecule has 0 bridgehead atoms. The number of hydrogen-bond donors (Lipinski definition) is 0. The zero-order valence-corrected chi connectivity index (χ0v) is 7.97. The standard InChI is InChI=1S/C5H3Cl2F5O2/c1-2(5(10,11)12)13-3(6,8)4(7,9)14-2/h1H3. The zero-order chi connectivity index (χ0) is 11.4. The molecule has 2 unspecified atom stereocenters. The van der Waals surface area contributed by atoms with Crippen molar-refractivity contribution in [1.82, 2.24) is 0 Å². The van der Waals surface area contributed by atoms with Crippen LogP contribution in [-0.2, 0) is 9.47 Å². The van der Waals surface area contributed by atoms with Gasteiger partial charge >= 0.3 is 16.8 Å². The van der Waals surface area contributed by atoms with Crippen molar-refractivity contribution >= 4 is 23.2 Å². The van der Waals surface area contributed by atoms with Crippen LogP contribution in [-0.4, -0.2) is 22.6 Å². The molecule has 0 aromatic heterocycles. The third-order valence-electron chi connectivity index (χ3n) is 1.50. The van der Waals surface area contributed by atoms with Crippen molar-refractivity contribution in [2.24, 2.45) is 0 Å². The van der Waals surface area contributed by atoms with Gasteiger partial charge in [-0.05, 0) is 30.1 Å². The van der Waals surface area contributed by atoms with E-state index in [0.717, 1.165) is 0 Å². The molecule has 0 aromatic rings. The Morgan fingerprint density at radius 1 is 1.00 bits per heavy atom. The monoisotopic (exact) mass is 260 g/mol. The molecule has 1 aliphatic heterocycles. The van der Waals surface area contributed by atoms with Gasteiger partial charge in [-0.3, -0.25) is 9.47 Å². The van der Waals surface area contributed by atoms with Crippen molar-refractivity contribution in [3.63, 3.8) is 0 Å². The van der Waals surface area contributed by atoms with Gasteiger partial charge in [0.1, 0.15) is 0 Å². The van der Waals surface area contributed by atoms with E-state index in [9.17, 15) is 22.0 Å². The van der Waals surface area contributed by atoms with Crippen molar-refractivity contribution in [2.75, 3.05) is 0 Å². The summed E-state index contributed by atoms with van der Waals surface area (Å²) in [5.74, 6) is -3.51. The lowest BCUT2D eigenvalue weighted by molar-refractivity contribution is -0.353. The largest absolute Gasteiger partial charge is 0.443 e. The molecule has 1 fully saturated rings. The first-order chi connectivity index (χ1) is 5.91. The maximum absolute atomic E-state index is 12.8. The molecule has 0 aliphatic carbocycles. The molecule has 0 saturated carbocycles. The summed E-state index contributed by atoms with van der Waals surface area (Å²) in [6.07, 6.45) is -5.16. The number of halogens is 7. The lowest BCUT2D eigenvalue weighted by Gasteiger charge is -2.24. The van der Waals surface area contributed by atoms with Crippen LogP contribution in [0.15, 0.2) is 0 Å². The van der Waals surface area contributed by atoms with E-state index >= 15 is 0 Å². The lowest BCUT2D eigenvalue weighted by Crippen LogP contribution is -2.44. The number of ether oxygens (including phenoxy) is 2. The molecule has 9 heteroatoms. The number of rotatable bonds is 0. The molecule has 0 radical (unpaired) electrons. The summed E-state index contributed by atoms with van der Waals surface area (Å²) in [5, 5.41) is -7.78. The summed E-state index contributed by atoms with van der Waals surface area (Å²) < 4.78 is 69.2. The summed E-state index contributed by atoms with van der Waals surface area (Å²) in [4.78, 5) is 0. The molecule has 1 heterocycles. The molecular weight excluding hydrogens is 258 g/mol. The van der Waals surface area contributed by atoms with Crippen LogP contribution in [0.2, 0.25) is 0 Å². The third-order valence-corrected chi connectivity index (χ3v) is 2.24. The van der Waals surface area contributed by atoms with E-state index in [1.165, 1.54) is 0 Å². The Morgan fingerprint density at radius 3 is 1.43 bits per heavy atom. The second-order valence-corrected chi connectivity index (χ2v) is 3.65. The van der Waals surface area contributed by atoms with Crippen LogP contribution < -0.4 is 0 Å². The van der Waals surface area contributed by atoms with Crippen molar-refractivity contribution in [3.8, 4) is 0 Å². The molecule has 2 atom stereocenters. The smallest absolute Gasteiger partial charge is 0.287 e. The fourth-order valence-corrected chi connectivity index (χ4v) is 1.12. The van der Waals surface area contributed by atoms with Gasteiger partial charge in [-0.25, -0.2) is 0 Å². The van der Waals surface area contributed by atoms with Crippen molar-refractivity contribution < 1.29 is 31.4 Å². The molecule has 0 amide bonds. The highest BCUT2D eigenvalue weighted by molar-refractivity contribution is 6.32. The van der Waals surface area contributed by atoms with Crippen LogP contribution in [0, 0.1) is 0 Å². The minimum Gasteiger partial charge on any atom is -0.287 e. The first-order valence-electron chi connectivity index (χ1n) is 3.14. The molecule has 1 saturated heterocycles. The van der Waals surface area contributed by atoms with Crippen LogP contribution in [0.5, 0.6) is 0 Å². The minimum atomic E-state index is -5.16. The molecule has 0 N–H and O–H groups in total. The topological polar surface area (TPSA) is 18.5 Å². The molecule has 1 aliphatic rings. The molecule has 2 nitrogen and oxygen atoms in total. The highest BCUT2D eigenvalue weighted by Gasteiger charge is 2.74. The summed E-state index contributed by atoms with van der Waals surface area (Å²) >= 11 is 9.26. The summed E-state index contributed by atoms with van der Waals surface area (Å²) in [5.41, 5.74) is 0. The van der Waals surface area contributed by atoms with Gasteiger partial charge in [0.05, 0.1) is 0 Å². The van der Waals surface area contributed by atoms with Gasteiger partial charge in [0.2, 0.25) is 0 Å². The molecule has 0 aromatic carbocycles. The van der Waals surface area contributed by atoms with Gasteiger partial charge in [-0.15, -0.1) is 0 Å². The molecule has 14 heavy (non-hydrogen) atoms. The summed E-state index contributed by atoms with van der Waals surface area (Å²) in [6.45, 7) is 0.257. The maximum Gasteiger partial charge on any atom is 0.443 e. The fraction of sp³-hybridized carbons (Fsp3) is 1.00. The van der Waals surface area contributed by atoms with Crippen LogP contribution in [0.1, 0.15) is 6.92 Å². The fourth-order valence-electron chi connectivity index (χ4n) is 0.745. The average molecular weight is 261 g/mol. The highest BCUT2D eigenvalue weighted by atomic mass is 35.5. The summed E-state index contributed by atoms with van der Waals surface area (Å²) in [7, 11) is 0. The second-order valence-electron chi connectivity index (χ2n) is 2.68. The van der Waals surface area contributed by atoms with Crippen molar-refractivity contribution in [1.29, 1.82) is 0 Å². The Kier molecular flexibility index (Phi) is 2.48. The highest BCUT2D eigenvalue weighted by Crippen LogP contribution is 2.55. The summed E-state index contributed by atoms with van der Waals surface area (Å²) in [6, 6.07) is 0. The van der Waals surface area contributed by atoms with Crippen LogP contribution in [0.4, 0.5) is 22.0 Å². The van der Waals surface area contributed by atoms with E-state index in [0.29, 0.717) is 0 Å².